The highest BCUT2D eigenvalue weighted by molar-refractivity contribution is 8.45. The van der Waals surface area contributed by atoms with E-state index in [2.05, 4.69) is 5.10 Å². The first-order valence-electron chi connectivity index (χ1n) is 9.08. The predicted molar refractivity (Wildman–Crippen MR) is 111 cm³/mol. The Morgan fingerprint density at radius 2 is 1.74 bits per heavy atom. The van der Waals surface area contributed by atoms with E-state index in [-0.39, 0.29) is 12.1 Å². The first-order valence-corrected chi connectivity index (χ1v) is 11.8. The maximum absolute atomic E-state index is 14.4. The van der Waals surface area contributed by atoms with E-state index in [9.17, 15) is 48.2 Å². The van der Waals surface area contributed by atoms with Gasteiger partial charge in [-0.25, -0.2) is 18.3 Å². The molecule has 1 aliphatic rings. The molecule has 0 radical (unpaired) electrons. The highest BCUT2D eigenvalue weighted by Gasteiger charge is 2.78. The zero-order valence-electron chi connectivity index (χ0n) is 17.0. The largest absolute Gasteiger partial charge is 0.465 e. The van der Waals surface area contributed by atoms with Gasteiger partial charge in [-0.05, 0) is 19.1 Å². The van der Waals surface area contributed by atoms with Crippen LogP contribution in [0.2, 0.25) is 10.0 Å². The topological polar surface area (TPSA) is 125 Å². The van der Waals surface area contributed by atoms with Gasteiger partial charge in [-0.1, -0.05) is 42.6 Å². The fourth-order valence-corrected chi connectivity index (χ4v) is 5.04. The lowest BCUT2D eigenvalue weighted by atomic mass is 9.93. The molecule has 1 aromatic heterocycles. The van der Waals surface area contributed by atoms with Gasteiger partial charge in [0.05, 0.1) is 15.6 Å². The molecule has 1 fully saturated rings. The van der Waals surface area contributed by atoms with Crippen molar-refractivity contribution in [1.82, 2.24) is 9.78 Å². The van der Waals surface area contributed by atoms with Crippen molar-refractivity contribution in [2.45, 2.75) is 29.6 Å². The highest BCUT2D eigenvalue weighted by Crippen LogP contribution is 3.02. The summed E-state index contributed by atoms with van der Waals surface area (Å²) in [5.41, 5.74) is -0.456. The van der Waals surface area contributed by atoms with Crippen LogP contribution in [0.5, 0.6) is 0 Å². The number of nitriles is 1. The molecular formula is C17H12Cl2F7N5O3S. The maximum atomic E-state index is 14.4. The zero-order valence-corrected chi connectivity index (χ0v) is 19.3. The van der Waals surface area contributed by atoms with E-state index >= 15 is 0 Å². The van der Waals surface area contributed by atoms with Crippen molar-refractivity contribution >= 4 is 51.2 Å². The minimum atomic E-state index is -10.3. The summed E-state index contributed by atoms with van der Waals surface area (Å²) >= 11 is 11.6. The Bertz CT molecular complexity index is 1320. The molecule has 3 N–H and O–H groups in total. The standard InChI is InChI=1S/C17H12Cl2F7N5O3S/c1-2-30(15(33)34)13-11(16(14(28)32)6-17(16,20)21)10(5-27)29-31(13)12-8(18)3-7(4-9(12)19)35(22,23,24,25)26/h3-4H,2,6H2,1H3,(H2,28,32)(H,33,34). The van der Waals surface area contributed by atoms with Gasteiger partial charge in [0.1, 0.15) is 27.9 Å². The number of alkyl halides is 2. The van der Waals surface area contributed by atoms with Gasteiger partial charge in [0.15, 0.2) is 5.69 Å². The van der Waals surface area contributed by atoms with Gasteiger partial charge in [-0.2, -0.15) is 10.4 Å². The van der Waals surface area contributed by atoms with Crippen LogP contribution in [0.15, 0.2) is 17.0 Å². The summed E-state index contributed by atoms with van der Waals surface area (Å²) in [5, 5.41) is 20.5. The number of aromatic nitrogens is 2. The molecule has 1 saturated carbocycles. The van der Waals surface area contributed by atoms with E-state index in [4.69, 9.17) is 28.9 Å². The Morgan fingerprint density at radius 3 is 2.06 bits per heavy atom. The van der Waals surface area contributed by atoms with Crippen molar-refractivity contribution in [3.05, 3.63) is 33.4 Å². The number of primary amides is 1. The van der Waals surface area contributed by atoms with Gasteiger partial charge in [0, 0.05) is 13.0 Å². The predicted octanol–water partition coefficient (Wildman–Crippen LogP) is 5.97. The number of amides is 2. The molecule has 0 aliphatic heterocycles. The van der Waals surface area contributed by atoms with Crippen molar-refractivity contribution in [2.75, 3.05) is 11.4 Å². The lowest BCUT2D eigenvalue weighted by Gasteiger charge is -2.40. The molecule has 18 heteroatoms. The molecule has 35 heavy (non-hydrogen) atoms. The van der Waals surface area contributed by atoms with E-state index in [1.807, 2.05) is 0 Å². The molecule has 8 nitrogen and oxygen atoms in total. The fraction of sp³-hybridized carbons (Fsp3) is 0.294. The SMILES string of the molecule is CCN(C(=O)O)c1c(C2(C(N)=O)CC2(F)F)c(C#N)nn1-c1c(Cl)cc(S(F)(F)(F)(F)F)cc1Cl. The Labute approximate surface area is 201 Å². The zero-order chi connectivity index (χ0) is 27.0. The van der Waals surface area contributed by atoms with E-state index in [1.165, 1.54) is 13.0 Å². The average molecular weight is 570 g/mol. The van der Waals surface area contributed by atoms with E-state index in [0.29, 0.717) is 9.58 Å². The number of carboxylic acid groups (broad SMARTS) is 1. The Balaban J connectivity index is 2.48. The molecule has 1 aromatic carbocycles. The second-order valence-corrected chi connectivity index (χ2v) is 10.7. The van der Waals surface area contributed by atoms with Crippen molar-refractivity contribution in [3.63, 3.8) is 0 Å². The number of anilines is 1. The third kappa shape index (κ3) is 4.10. The summed E-state index contributed by atoms with van der Waals surface area (Å²) in [7, 11) is -10.3. The number of hydrogen-bond donors (Lipinski definition) is 2. The summed E-state index contributed by atoms with van der Waals surface area (Å²) in [6.07, 6.45) is -3.05. The normalized spacial score (nSPS) is 20.9. The Morgan fingerprint density at radius 1 is 1.26 bits per heavy atom. The monoisotopic (exact) mass is 569 g/mol. The molecule has 1 heterocycles. The smallest absolute Gasteiger partial charge is 0.413 e. The summed E-state index contributed by atoms with van der Waals surface area (Å²) in [5.74, 6) is -6.39. The number of carbonyl (C=O) groups is 2. The van der Waals surface area contributed by atoms with Crippen molar-refractivity contribution in [1.29, 1.82) is 5.26 Å². The summed E-state index contributed by atoms with van der Waals surface area (Å²) in [6, 6.07) is 0.968. The van der Waals surface area contributed by atoms with Gasteiger partial charge in [0.2, 0.25) is 5.91 Å². The van der Waals surface area contributed by atoms with Crippen LogP contribution < -0.4 is 10.6 Å². The van der Waals surface area contributed by atoms with Crippen LogP contribution in [0, 0.1) is 11.3 Å². The fourth-order valence-electron chi connectivity index (χ4n) is 3.58. The van der Waals surface area contributed by atoms with Crippen molar-refractivity contribution in [2.24, 2.45) is 5.73 Å². The molecule has 3 rings (SSSR count). The van der Waals surface area contributed by atoms with Crippen LogP contribution in [0.3, 0.4) is 0 Å². The third-order valence-electron chi connectivity index (χ3n) is 5.25. The summed E-state index contributed by atoms with van der Waals surface area (Å²) in [6.45, 7) is 0.696. The number of rotatable bonds is 6. The van der Waals surface area contributed by atoms with Gasteiger partial charge in [-0.3, -0.25) is 9.69 Å². The van der Waals surface area contributed by atoms with Crippen molar-refractivity contribution in [3.8, 4) is 11.8 Å². The minimum absolute atomic E-state index is 0.214. The lowest BCUT2D eigenvalue weighted by Crippen LogP contribution is -2.38. The van der Waals surface area contributed by atoms with Crippen LogP contribution in [-0.2, 0) is 10.2 Å². The summed E-state index contributed by atoms with van der Waals surface area (Å²) < 4.78 is 95.5. The Kier molecular flexibility index (Phi) is 5.40. The van der Waals surface area contributed by atoms with Crippen molar-refractivity contribution < 1.29 is 42.9 Å². The lowest BCUT2D eigenvalue weighted by molar-refractivity contribution is -0.123. The molecular weight excluding hydrogens is 558 g/mol. The minimum Gasteiger partial charge on any atom is -0.465 e. The molecule has 1 unspecified atom stereocenters. The van der Waals surface area contributed by atoms with Crippen LogP contribution in [0.4, 0.5) is 38.8 Å². The van der Waals surface area contributed by atoms with E-state index < -0.39 is 84.2 Å². The second kappa shape index (κ2) is 7.08. The molecule has 0 saturated heterocycles. The van der Waals surface area contributed by atoms with Gasteiger partial charge in [0.25, 0.3) is 5.92 Å². The quantitative estimate of drug-likeness (QED) is 0.414. The molecule has 2 amide bonds. The van der Waals surface area contributed by atoms with Crippen LogP contribution in [-0.4, -0.2) is 39.4 Å². The molecule has 0 bridgehead atoms. The summed E-state index contributed by atoms with van der Waals surface area (Å²) in [4.78, 5) is 21.8. The molecule has 1 atom stereocenters. The highest BCUT2D eigenvalue weighted by atomic mass is 35.5. The van der Waals surface area contributed by atoms with Crippen LogP contribution >= 0.6 is 33.4 Å². The number of hydrogen-bond acceptors (Lipinski definition) is 4. The number of carbonyl (C=O) groups excluding carboxylic acids is 1. The molecule has 0 spiro atoms. The maximum Gasteiger partial charge on any atom is 0.413 e. The number of benzene rings is 1. The van der Waals surface area contributed by atoms with Crippen LogP contribution in [0.25, 0.3) is 5.69 Å². The van der Waals surface area contributed by atoms with Gasteiger partial charge < -0.3 is 10.8 Å². The van der Waals surface area contributed by atoms with Gasteiger partial charge >= 0.3 is 16.3 Å². The number of nitrogens with zero attached hydrogens (tertiary/aromatic N) is 4. The van der Waals surface area contributed by atoms with E-state index in [1.54, 1.807) is 0 Å². The first kappa shape index (κ1) is 26.7. The van der Waals surface area contributed by atoms with E-state index in [0.717, 1.165) is 0 Å². The third-order valence-corrected chi connectivity index (χ3v) is 6.95. The van der Waals surface area contributed by atoms with Gasteiger partial charge in [-0.15, -0.1) is 0 Å². The molecule has 192 valence electrons. The molecule has 2 aromatic rings. The Hall–Kier alpha value is -2.90. The average Bonchev–Trinajstić information content (AvgIpc) is 3.07. The number of halogens is 9. The number of nitrogens with two attached hydrogens (primary N) is 1. The molecule has 1 aliphatic carbocycles. The van der Waals surface area contributed by atoms with Crippen LogP contribution in [0.1, 0.15) is 24.6 Å². The second-order valence-electron chi connectivity index (χ2n) is 7.45. The first-order chi connectivity index (χ1) is 15.6.